The van der Waals surface area contributed by atoms with E-state index in [9.17, 15) is 4.79 Å². The number of carbonyl (C=O) groups excluding carboxylic acids is 1. The summed E-state index contributed by atoms with van der Waals surface area (Å²) in [5, 5.41) is 3.48. The summed E-state index contributed by atoms with van der Waals surface area (Å²) in [5.41, 5.74) is 1.77. The summed E-state index contributed by atoms with van der Waals surface area (Å²) in [5.74, 6) is 0.964. The van der Waals surface area contributed by atoms with Gasteiger partial charge in [0.1, 0.15) is 17.1 Å². The van der Waals surface area contributed by atoms with Gasteiger partial charge in [-0.05, 0) is 38.3 Å². The normalized spacial score (nSPS) is 15.6. The molecule has 0 saturated heterocycles. The van der Waals surface area contributed by atoms with Crippen molar-refractivity contribution in [1.29, 1.82) is 0 Å². The SMILES string of the molecule is CCC(=Cc1cc(C(=O)OC)c(C)o1)CNC1CC1. The number of carbonyl (C=O) groups is 1. The minimum absolute atomic E-state index is 0.352. The fourth-order valence-corrected chi connectivity index (χ4v) is 1.93. The van der Waals surface area contributed by atoms with Crippen LogP contribution in [0.1, 0.15) is 48.1 Å². The van der Waals surface area contributed by atoms with Gasteiger partial charge in [-0.2, -0.15) is 0 Å². The second-order valence-electron chi connectivity index (χ2n) is 4.92. The largest absolute Gasteiger partial charge is 0.465 e. The van der Waals surface area contributed by atoms with Gasteiger partial charge in [0.05, 0.1) is 7.11 Å². The third-order valence-corrected chi connectivity index (χ3v) is 3.34. The molecule has 1 saturated carbocycles. The molecule has 0 bridgehead atoms. The number of nitrogens with one attached hydrogen (secondary N) is 1. The Bertz CT molecular complexity index is 484. The van der Waals surface area contributed by atoms with Crippen LogP contribution in [-0.2, 0) is 4.74 Å². The summed E-state index contributed by atoms with van der Waals surface area (Å²) in [7, 11) is 1.38. The van der Waals surface area contributed by atoms with Crippen LogP contribution in [0.2, 0.25) is 0 Å². The van der Waals surface area contributed by atoms with E-state index >= 15 is 0 Å². The third kappa shape index (κ3) is 3.70. The Hall–Kier alpha value is -1.55. The second kappa shape index (κ2) is 6.06. The summed E-state index contributed by atoms with van der Waals surface area (Å²) in [6, 6.07) is 2.44. The predicted octanol–water partition coefficient (Wildman–Crippen LogP) is 2.92. The zero-order valence-corrected chi connectivity index (χ0v) is 11.8. The fraction of sp³-hybridized carbons (Fsp3) is 0.533. The van der Waals surface area contributed by atoms with Crippen LogP contribution in [0.15, 0.2) is 16.1 Å². The van der Waals surface area contributed by atoms with Crippen LogP contribution in [0, 0.1) is 6.92 Å². The molecular weight excluding hydrogens is 242 g/mol. The molecule has 4 heteroatoms. The molecule has 1 N–H and O–H groups in total. The molecule has 2 rings (SSSR count). The zero-order valence-electron chi connectivity index (χ0n) is 11.8. The van der Waals surface area contributed by atoms with Crippen molar-refractivity contribution in [3.63, 3.8) is 0 Å². The van der Waals surface area contributed by atoms with Crippen molar-refractivity contribution in [2.75, 3.05) is 13.7 Å². The number of aryl methyl sites for hydroxylation is 1. The molecule has 4 nitrogen and oxygen atoms in total. The van der Waals surface area contributed by atoms with Gasteiger partial charge in [0, 0.05) is 12.6 Å². The smallest absolute Gasteiger partial charge is 0.341 e. The molecule has 1 heterocycles. The van der Waals surface area contributed by atoms with Crippen molar-refractivity contribution in [3.05, 3.63) is 28.7 Å². The van der Waals surface area contributed by atoms with Crippen LogP contribution in [0.4, 0.5) is 0 Å². The number of furan rings is 1. The maximum Gasteiger partial charge on any atom is 0.341 e. The average molecular weight is 263 g/mol. The molecule has 0 aromatic carbocycles. The summed E-state index contributed by atoms with van der Waals surface area (Å²) in [6.07, 6.45) is 5.54. The van der Waals surface area contributed by atoms with Crippen molar-refractivity contribution in [1.82, 2.24) is 5.32 Å². The van der Waals surface area contributed by atoms with Crippen LogP contribution >= 0.6 is 0 Å². The van der Waals surface area contributed by atoms with Gasteiger partial charge in [0.25, 0.3) is 0 Å². The minimum Gasteiger partial charge on any atom is -0.465 e. The highest BCUT2D eigenvalue weighted by Gasteiger charge is 2.20. The van der Waals surface area contributed by atoms with E-state index in [1.807, 2.05) is 6.08 Å². The molecule has 19 heavy (non-hydrogen) atoms. The Kier molecular flexibility index (Phi) is 4.43. The van der Waals surface area contributed by atoms with Crippen molar-refractivity contribution in [3.8, 4) is 0 Å². The lowest BCUT2D eigenvalue weighted by atomic mass is 10.1. The molecule has 0 atom stereocenters. The highest BCUT2D eigenvalue weighted by atomic mass is 16.5. The quantitative estimate of drug-likeness (QED) is 0.802. The molecule has 1 aliphatic carbocycles. The minimum atomic E-state index is -0.352. The molecule has 1 aliphatic rings. The van der Waals surface area contributed by atoms with E-state index in [4.69, 9.17) is 9.15 Å². The lowest BCUT2D eigenvalue weighted by Crippen LogP contribution is -2.18. The van der Waals surface area contributed by atoms with Crippen molar-refractivity contribution < 1.29 is 13.9 Å². The van der Waals surface area contributed by atoms with Gasteiger partial charge in [0.2, 0.25) is 0 Å². The summed E-state index contributed by atoms with van der Waals surface area (Å²) >= 11 is 0. The Labute approximate surface area is 113 Å². The first-order valence-electron chi connectivity index (χ1n) is 6.75. The Morgan fingerprint density at radius 3 is 2.89 bits per heavy atom. The lowest BCUT2D eigenvalue weighted by Gasteiger charge is -2.04. The van der Waals surface area contributed by atoms with E-state index in [1.54, 1.807) is 13.0 Å². The van der Waals surface area contributed by atoms with Crippen LogP contribution in [-0.4, -0.2) is 25.7 Å². The van der Waals surface area contributed by atoms with Crippen molar-refractivity contribution in [2.45, 2.75) is 39.2 Å². The van der Waals surface area contributed by atoms with E-state index in [2.05, 4.69) is 12.2 Å². The lowest BCUT2D eigenvalue weighted by molar-refractivity contribution is 0.0599. The number of hydrogen-bond acceptors (Lipinski definition) is 4. The molecule has 0 unspecified atom stereocenters. The molecule has 0 radical (unpaired) electrons. The van der Waals surface area contributed by atoms with Crippen LogP contribution < -0.4 is 5.32 Å². The zero-order chi connectivity index (χ0) is 13.8. The number of ether oxygens (including phenoxy) is 1. The van der Waals surface area contributed by atoms with E-state index in [-0.39, 0.29) is 5.97 Å². The molecule has 104 valence electrons. The van der Waals surface area contributed by atoms with Gasteiger partial charge in [0.15, 0.2) is 0 Å². The highest BCUT2D eigenvalue weighted by molar-refractivity contribution is 5.91. The first kappa shape index (κ1) is 13.9. The van der Waals surface area contributed by atoms with E-state index in [1.165, 1.54) is 25.5 Å². The maximum absolute atomic E-state index is 11.5. The van der Waals surface area contributed by atoms with Gasteiger partial charge < -0.3 is 14.5 Å². The maximum atomic E-state index is 11.5. The van der Waals surface area contributed by atoms with Crippen LogP contribution in [0.5, 0.6) is 0 Å². The summed E-state index contributed by atoms with van der Waals surface area (Å²) in [6.45, 7) is 4.78. The van der Waals surface area contributed by atoms with Gasteiger partial charge >= 0.3 is 5.97 Å². The monoisotopic (exact) mass is 263 g/mol. The number of methoxy groups -OCH3 is 1. The molecule has 0 aliphatic heterocycles. The Morgan fingerprint density at radius 2 is 2.32 bits per heavy atom. The predicted molar refractivity (Wildman–Crippen MR) is 74.1 cm³/mol. The van der Waals surface area contributed by atoms with Gasteiger partial charge in [-0.15, -0.1) is 0 Å². The highest BCUT2D eigenvalue weighted by Crippen LogP contribution is 2.21. The molecule has 0 spiro atoms. The number of rotatable bonds is 6. The summed E-state index contributed by atoms with van der Waals surface area (Å²) < 4.78 is 10.3. The van der Waals surface area contributed by atoms with Crippen LogP contribution in [0.25, 0.3) is 6.08 Å². The van der Waals surface area contributed by atoms with E-state index in [0.717, 1.165) is 13.0 Å². The van der Waals surface area contributed by atoms with Gasteiger partial charge in [-0.3, -0.25) is 0 Å². The Balaban J connectivity index is 2.08. The number of esters is 1. The van der Waals surface area contributed by atoms with Gasteiger partial charge in [-0.1, -0.05) is 12.5 Å². The second-order valence-corrected chi connectivity index (χ2v) is 4.92. The van der Waals surface area contributed by atoms with E-state index < -0.39 is 0 Å². The first-order valence-corrected chi connectivity index (χ1v) is 6.75. The molecule has 0 amide bonds. The van der Waals surface area contributed by atoms with E-state index in [0.29, 0.717) is 23.1 Å². The molecule has 1 aromatic heterocycles. The average Bonchev–Trinajstić information content (AvgIpc) is 3.16. The molecule has 1 aromatic rings. The fourth-order valence-electron chi connectivity index (χ4n) is 1.93. The standard InChI is InChI=1S/C15H21NO3/c1-4-11(9-16-12-5-6-12)7-13-8-14(10(2)19-13)15(17)18-3/h7-8,12,16H,4-6,9H2,1-3H3. The van der Waals surface area contributed by atoms with Crippen LogP contribution in [0.3, 0.4) is 0 Å². The van der Waals surface area contributed by atoms with Gasteiger partial charge in [-0.25, -0.2) is 4.79 Å². The Morgan fingerprint density at radius 1 is 1.58 bits per heavy atom. The number of hydrogen-bond donors (Lipinski definition) is 1. The topological polar surface area (TPSA) is 51.5 Å². The molecular formula is C15H21NO3. The molecule has 1 fully saturated rings. The third-order valence-electron chi connectivity index (χ3n) is 3.34. The van der Waals surface area contributed by atoms with Crippen molar-refractivity contribution in [2.24, 2.45) is 0 Å². The van der Waals surface area contributed by atoms with Crippen molar-refractivity contribution >= 4 is 12.0 Å². The first-order chi connectivity index (χ1) is 9.13. The summed E-state index contributed by atoms with van der Waals surface area (Å²) in [4.78, 5) is 11.5.